The number of anilines is 1. The van der Waals surface area contributed by atoms with Crippen molar-refractivity contribution >= 4 is 29.4 Å². The molecule has 1 aromatic heterocycles. The number of nitrogens with one attached hydrogen (secondary N) is 1. The van der Waals surface area contributed by atoms with E-state index in [2.05, 4.69) is 25.2 Å². The number of benzene rings is 2. The molecule has 1 aliphatic rings. The number of rotatable bonds is 7. The molecule has 10 nitrogen and oxygen atoms in total. The van der Waals surface area contributed by atoms with Gasteiger partial charge in [-0.05, 0) is 30.7 Å². The van der Waals surface area contributed by atoms with Gasteiger partial charge in [0.05, 0.1) is 37.3 Å². The average molecular weight is 510 g/mol. The highest BCUT2D eigenvalue weighted by Crippen LogP contribution is 2.32. The van der Waals surface area contributed by atoms with Crippen molar-refractivity contribution in [1.29, 1.82) is 0 Å². The van der Waals surface area contributed by atoms with Crippen molar-refractivity contribution in [3.63, 3.8) is 0 Å². The summed E-state index contributed by atoms with van der Waals surface area (Å²) in [5.41, 5.74) is 0.103. The fraction of sp³-hybridized carbons (Fsp3) is 0.200. The number of carbonyl (C=O) groups is 3. The lowest BCUT2D eigenvalue weighted by Crippen LogP contribution is -2.41. The number of hydrogen-bond acceptors (Lipinski definition) is 8. The van der Waals surface area contributed by atoms with Gasteiger partial charge < -0.3 is 20.0 Å². The Bertz CT molecular complexity index is 1410. The van der Waals surface area contributed by atoms with E-state index in [-0.39, 0.29) is 12.2 Å². The smallest absolute Gasteiger partial charge is 0.351 e. The van der Waals surface area contributed by atoms with Gasteiger partial charge in [0.15, 0.2) is 5.82 Å². The number of ether oxygens (including phenoxy) is 1. The van der Waals surface area contributed by atoms with Crippen molar-refractivity contribution in [1.82, 2.24) is 9.97 Å². The largest absolute Gasteiger partial charge is 0.478 e. The number of carboxylic acids is 1. The molecule has 0 aliphatic carbocycles. The van der Waals surface area contributed by atoms with Gasteiger partial charge in [-0.3, -0.25) is 14.6 Å². The Morgan fingerprint density at radius 1 is 1.14 bits per heavy atom. The van der Waals surface area contributed by atoms with Gasteiger partial charge in [0.2, 0.25) is 5.60 Å². The zero-order valence-electron chi connectivity index (χ0n) is 19.6. The standard InChI is InChI=1S/C25H20F2N4O6/c1-13-6-7-14(18-9-25(24(34)35,37-31-18)10-21(32)36-2)8-15(13)19-11-29-20(12-28-19)30-23(33)22-16(26)4-3-5-17(22)27/h3-8,11-12H,9-10H2,1-2H3,(H,34,35)(H,29,30,33). The number of amides is 1. The molecule has 0 bridgehead atoms. The Morgan fingerprint density at radius 2 is 1.86 bits per heavy atom. The van der Waals surface area contributed by atoms with Crippen LogP contribution in [0.1, 0.15) is 34.3 Å². The summed E-state index contributed by atoms with van der Waals surface area (Å²) in [5, 5.41) is 15.9. The van der Waals surface area contributed by atoms with Crippen LogP contribution in [0.3, 0.4) is 0 Å². The van der Waals surface area contributed by atoms with E-state index in [0.717, 1.165) is 30.9 Å². The van der Waals surface area contributed by atoms with Crippen LogP contribution >= 0.6 is 0 Å². The van der Waals surface area contributed by atoms with Gasteiger partial charge in [-0.25, -0.2) is 18.6 Å². The molecule has 3 aromatic rings. The van der Waals surface area contributed by atoms with Crippen LogP contribution < -0.4 is 5.32 Å². The molecular formula is C25H20F2N4O6. The summed E-state index contributed by atoms with van der Waals surface area (Å²) in [7, 11) is 1.15. The summed E-state index contributed by atoms with van der Waals surface area (Å²) in [5.74, 6) is -5.14. The van der Waals surface area contributed by atoms with E-state index < -0.39 is 47.1 Å². The van der Waals surface area contributed by atoms with Crippen LogP contribution in [-0.2, 0) is 19.2 Å². The molecule has 4 rings (SSSR count). The molecule has 2 N–H and O–H groups in total. The normalized spacial score (nSPS) is 16.5. The molecule has 0 radical (unpaired) electrons. The van der Waals surface area contributed by atoms with Crippen LogP contribution in [0, 0.1) is 18.6 Å². The lowest BCUT2D eigenvalue weighted by Gasteiger charge is -2.19. The van der Waals surface area contributed by atoms with E-state index in [0.29, 0.717) is 22.5 Å². The quantitative estimate of drug-likeness (QED) is 0.461. The van der Waals surface area contributed by atoms with E-state index in [1.807, 2.05) is 6.92 Å². The maximum atomic E-state index is 13.9. The Morgan fingerprint density at radius 3 is 2.49 bits per heavy atom. The van der Waals surface area contributed by atoms with Gasteiger partial charge in [0.1, 0.15) is 17.2 Å². The van der Waals surface area contributed by atoms with Gasteiger partial charge in [-0.2, -0.15) is 0 Å². The van der Waals surface area contributed by atoms with E-state index in [1.165, 1.54) is 12.4 Å². The van der Waals surface area contributed by atoms with Crippen molar-refractivity contribution in [2.45, 2.75) is 25.4 Å². The predicted molar refractivity (Wildman–Crippen MR) is 126 cm³/mol. The fourth-order valence-corrected chi connectivity index (χ4v) is 3.73. The molecule has 0 fully saturated rings. The number of carboxylic acid groups (broad SMARTS) is 1. The topological polar surface area (TPSA) is 140 Å². The first-order valence-electron chi connectivity index (χ1n) is 10.9. The monoisotopic (exact) mass is 510 g/mol. The van der Waals surface area contributed by atoms with Gasteiger partial charge >= 0.3 is 11.9 Å². The number of methoxy groups -OCH3 is 1. The molecule has 190 valence electrons. The van der Waals surface area contributed by atoms with Crippen LogP contribution in [0.25, 0.3) is 11.3 Å². The van der Waals surface area contributed by atoms with Crippen LogP contribution in [0.2, 0.25) is 0 Å². The highest BCUT2D eigenvalue weighted by atomic mass is 19.1. The fourth-order valence-electron chi connectivity index (χ4n) is 3.73. The Labute approximate surface area is 208 Å². The highest BCUT2D eigenvalue weighted by Gasteiger charge is 2.49. The Kier molecular flexibility index (Phi) is 6.92. The number of esters is 1. The summed E-state index contributed by atoms with van der Waals surface area (Å²) < 4.78 is 32.3. The summed E-state index contributed by atoms with van der Waals surface area (Å²) in [6.45, 7) is 1.82. The maximum absolute atomic E-state index is 13.9. The summed E-state index contributed by atoms with van der Waals surface area (Å²) >= 11 is 0. The zero-order chi connectivity index (χ0) is 26.7. The number of aryl methyl sites for hydroxylation is 1. The second-order valence-corrected chi connectivity index (χ2v) is 8.23. The third-order valence-electron chi connectivity index (χ3n) is 5.76. The lowest BCUT2D eigenvalue weighted by molar-refractivity contribution is -0.170. The van der Waals surface area contributed by atoms with E-state index in [1.54, 1.807) is 18.2 Å². The van der Waals surface area contributed by atoms with Gasteiger partial charge in [-0.15, -0.1) is 0 Å². The molecule has 0 saturated heterocycles. The van der Waals surface area contributed by atoms with Gasteiger partial charge in [0, 0.05) is 17.5 Å². The third kappa shape index (κ3) is 5.13. The molecule has 1 atom stereocenters. The van der Waals surface area contributed by atoms with Crippen molar-refractivity contribution in [2.24, 2.45) is 5.16 Å². The number of aliphatic carboxylic acids is 1. The maximum Gasteiger partial charge on any atom is 0.351 e. The molecule has 1 unspecified atom stereocenters. The summed E-state index contributed by atoms with van der Waals surface area (Å²) in [6.07, 6.45) is 1.93. The van der Waals surface area contributed by atoms with Gasteiger partial charge in [-0.1, -0.05) is 23.4 Å². The summed E-state index contributed by atoms with van der Waals surface area (Å²) in [6, 6.07) is 8.30. The number of oxime groups is 1. The van der Waals surface area contributed by atoms with E-state index in [9.17, 15) is 28.3 Å². The minimum atomic E-state index is -1.87. The van der Waals surface area contributed by atoms with E-state index >= 15 is 0 Å². The molecule has 1 aliphatic heterocycles. The second-order valence-electron chi connectivity index (χ2n) is 8.23. The Hall–Kier alpha value is -4.74. The minimum Gasteiger partial charge on any atom is -0.478 e. The predicted octanol–water partition coefficient (Wildman–Crippen LogP) is 3.49. The first-order chi connectivity index (χ1) is 17.6. The van der Waals surface area contributed by atoms with Crippen LogP contribution in [-0.4, -0.2) is 51.3 Å². The lowest BCUT2D eigenvalue weighted by atomic mass is 9.90. The molecule has 2 aromatic carbocycles. The first kappa shape index (κ1) is 25.4. The van der Waals surface area contributed by atoms with Crippen molar-refractivity contribution in [2.75, 3.05) is 12.4 Å². The SMILES string of the molecule is COC(=O)CC1(C(=O)O)CC(c2ccc(C)c(-c3cnc(NC(=O)c4c(F)cccc4F)cn3)c2)=NO1. The Balaban J connectivity index is 1.54. The van der Waals surface area contributed by atoms with Crippen molar-refractivity contribution in [3.05, 3.63) is 77.1 Å². The molecule has 37 heavy (non-hydrogen) atoms. The second kappa shape index (κ2) is 10.1. The molecule has 1 amide bonds. The number of aromatic nitrogens is 2. The third-order valence-corrected chi connectivity index (χ3v) is 5.76. The zero-order valence-corrected chi connectivity index (χ0v) is 19.6. The summed E-state index contributed by atoms with van der Waals surface area (Å²) in [4.78, 5) is 49.4. The molecule has 12 heteroatoms. The molecule has 0 saturated carbocycles. The molecular weight excluding hydrogens is 490 g/mol. The van der Waals surface area contributed by atoms with E-state index in [4.69, 9.17) is 4.84 Å². The van der Waals surface area contributed by atoms with Crippen LogP contribution in [0.4, 0.5) is 14.6 Å². The van der Waals surface area contributed by atoms with Crippen molar-refractivity contribution < 1.29 is 37.8 Å². The van der Waals surface area contributed by atoms with Crippen LogP contribution in [0.5, 0.6) is 0 Å². The van der Waals surface area contributed by atoms with Crippen molar-refractivity contribution in [3.8, 4) is 11.3 Å². The number of carbonyl (C=O) groups excluding carboxylic acids is 2. The number of nitrogens with zero attached hydrogens (tertiary/aromatic N) is 3. The molecule has 2 heterocycles. The minimum absolute atomic E-state index is 0.0205. The van der Waals surface area contributed by atoms with Crippen LogP contribution in [0.15, 0.2) is 53.9 Å². The number of halogens is 2. The number of hydrogen-bond donors (Lipinski definition) is 2. The van der Waals surface area contributed by atoms with Gasteiger partial charge in [0.25, 0.3) is 5.91 Å². The average Bonchev–Trinajstić information content (AvgIpc) is 3.30. The highest BCUT2D eigenvalue weighted by molar-refractivity contribution is 6.06. The first-order valence-corrected chi connectivity index (χ1v) is 10.9. The molecule has 0 spiro atoms.